The van der Waals surface area contributed by atoms with Crippen molar-refractivity contribution in [3.05, 3.63) is 24.3 Å². The van der Waals surface area contributed by atoms with Crippen LogP contribution >= 0.6 is 0 Å². The van der Waals surface area contributed by atoms with Gasteiger partial charge in [-0.05, 0) is 19.1 Å². The van der Waals surface area contributed by atoms with Crippen LogP contribution in [0.3, 0.4) is 0 Å². The molecule has 6 heteroatoms. The number of benzene rings is 1. The second-order valence-electron chi connectivity index (χ2n) is 3.47. The Balaban J connectivity index is 2.74. The molecule has 0 saturated carbocycles. The lowest BCUT2D eigenvalue weighted by Gasteiger charge is -2.11. The molecule has 1 rings (SSSR count). The maximum atomic E-state index is 11.7. The molecule has 1 aromatic rings. The number of anilines is 1. The maximum Gasteiger partial charge on any atom is 0.234 e. The van der Waals surface area contributed by atoms with Crippen molar-refractivity contribution < 1.29 is 14.7 Å². The monoisotopic (exact) mass is 237 g/mol. The van der Waals surface area contributed by atoms with Gasteiger partial charge in [-0.2, -0.15) is 0 Å². The predicted molar refractivity (Wildman–Crippen MR) is 64.2 cm³/mol. The number of nitrogens with zero attached hydrogens (tertiary/aromatic N) is 1. The summed E-state index contributed by atoms with van der Waals surface area (Å²) in [6.45, 7) is 1.55. The van der Waals surface area contributed by atoms with Crippen LogP contribution in [0.2, 0.25) is 0 Å². The normalized spacial score (nSPS) is 12.9. The number of nitrogens with two attached hydrogens (primary N) is 1. The summed E-state index contributed by atoms with van der Waals surface area (Å²) in [5.74, 6) is -0.551. The van der Waals surface area contributed by atoms with Gasteiger partial charge in [-0.15, -0.1) is 0 Å². The molecule has 1 amide bonds. The summed E-state index contributed by atoms with van der Waals surface area (Å²) in [5.41, 5.74) is 5.93. The van der Waals surface area contributed by atoms with Gasteiger partial charge in [0.05, 0.1) is 13.0 Å². The Labute approximate surface area is 99.1 Å². The topological polar surface area (TPSA) is 96.9 Å². The molecule has 0 saturated heterocycles. The fourth-order valence-corrected chi connectivity index (χ4v) is 1.17. The van der Waals surface area contributed by atoms with E-state index < -0.39 is 5.92 Å². The van der Waals surface area contributed by atoms with Crippen LogP contribution in [0.1, 0.15) is 6.92 Å². The van der Waals surface area contributed by atoms with Gasteiger partial charge in [-0.1, -0.05) is 11.2 Å². The van der Waals surface area contributed by atoms with Crippen molar-refractivity contribution in [3.8, 4) is 5.75 Å². The number of carbonyl (C=O) groups excluding carboxylic acids is 1. The molecule has 92 valence electrons. The van der Waals surface area contributed by atoms with Crippen molar-refractivity contribution in [3.63, 3.8) is 0 Å². The maximum absolute atomic E-state index is 11.7. The van der Waals surface area contributed by atoms with E-state index in [4.69, 9.17) is 15.7 Å². The van der Waals surface area contributed by atoms with Crippen molar-refractivity contribution in [1.82, 2.24) is 0 Å². The standard InChI is InChI=1S/C11H15N3O3/c1-7(10(12)14-16)11(15)13-8-4-3-5-9(6-8)17-2/h3-7,16H,1-2H3,(H2,12,14)(H,13,15). The molecule has 1 aromatic carbocycles. The summed E-state index contributed by atoms with van der Waals surface area (Å²) < 4.78 is 5.03. The summed E-state index contributed by atoms with van der Waals surface area (Å²) in [5, 5.41) is 13.9. The Morgan fingerprint density at radius 2 is 2.29 bits per heavy atom. The molecule has 0 aliphatic heterocycles. The van der Waals surface area contributed by atoms with Gasteiger partial charge < -0.3 is 21.0 Å². The highest BCUT2D eigenvalue weighted by atomic mass is 16.5. The lowest BCUT2D eigenvalue weighted by atomic mass is 10.1. The fraction of sp³-hybridized carbons (Fsp3) is 0.273. The molecule has 0 radical (unpaired) electrons. The summed E-state index contributed by atoms with van der Waals surface area (Å²) in [6.07, 6.45) is 0. The number of hydrogen-bond acceptors (Lipinski definition) is 4. The van der Waals surface area contributed by atoms with E-state index in [0.717, 1.165) is 0 Å². The number of methoxy groups -OCH3 is 1. The average molecular weight is 237 g/mol. The summed E-state index contributed by atoms with van der Waals surface area (Å²) in [4.78, 5) is 11.7. The van der Waals surface area contributed by atoms with Gasteiger partial charge in [0.1, 0.15) is 5.75 Å². The molecule has 0 aliphatic rings. The zero-order valence-corrected chi connectivity index (χ0v) is 9.68. The molecule has 1 unspecified atom stereocenters. The van der Waals surface area contributed by atoms with Crippen molar-refractivity contribution >= 4 is 17.4 Å². The van der Waals surface area contributed by atoms with Crippen molar-refractivity contribution in [1.29, 1.82) is 0 Å². The van der Waals surface area contributed by atoms with Crippen LogP contribution in [0.25, 0.3) is 0 Å². The molecule has 0 fully saturated rings. The van der Waals surface area contributed by atoms with E-state index in [1.165, 1.54) is 0 Å². The smallest absolute Gasteiger partial charge is 0.234 e. The van der Waals surface area contributed by atoms with Crippen molar-refractivity contribution in [2.75, 3.05) is 12.4 Å². The zero-order valence-electron chi connectivity index (χ0n) is 9.68. The molecule has 0 spiro atoms. The second kappa shape index (κ2) is 5.74. The fourth-order valence-electron chi connectivity index (χ4n) is 1.17. The average Bonchev–Trinajstić information content (AvgIpc) is 2.37. The quantitative estimate of drug-likeness (QED) is 0.315. The number of rotatable bonds is 4. The number of hydrogen-bond donors (Lipinski definition) is 3. The van der Waals surface area contributed by atoms with E-state index in [0.29, 0.717) is 11.4 Å². The van der Waals surface area contributed by atoms with Crippen molar-refractivity contribution in [2.45, 2.75) is 6.92 Å². The van der Waals surface area contributed by atoms with Gasteiger partial charge in [-0.25, -0.2) is 0 Å². The van der Waals surface area contributed by atoms with E-state index in [2.05, 4.69) is 10.5 Å². The first-order valence-electron chi connectivity index (χ1n) is 5.00. The summed E-state index contributed by atoms with van der Waals surface area (Å²) >= 11 is 0. The number of oxime groups is 1. The Hall–Kier alpha value is -2.24. The minimum atomic E-state index is -0.703. The highest BCUT2D eigenvalue weighted by molar-refractivity contribution is 6.07. The second-order valence-corrected chi connectivity index (χ2v) is 3.47. The van der Waals surface area contributed by atoms with Crippen LogP contribution in [-0.2, 0) is 4.79 Å². The van der Waals surface area contributed by atoms with E-state index in [1.807, 2.05) is 0 Å². The summed E-state index contributed by atoms with van der Waals surface area (Å²) in [7, 11) is 1.54. The van der Waals surface area contributed by atoms with E-state index in [9.17, 15) is 4.79 Å². The Kier molecular flexibility index (Phi) is 4.33. The molecule has 17 heavy (non-hydrogen) atoms. The van der Waals surface area contributed by atoms with Crippen LogP contribution in [0.4, 0.5) is 5.69 Å². The Bertz CT molecular complexity index is 432. The molecule has 0 heterocycles. The van der Waals surface area contributed by atoms with Crippen LogP contribution in [0, 0.1) is 5.92 Å². The minimum absolute atomic E-state index is 0.134. The molecule has 0 bridgehead atoms. The van der Waals surface area contributed by atoms with Gasteiger partial charge in [0.15, 0.2) is 5.84 Å². The number of amides is 1. The van der Waals surface area contributed by atoms with Gasteiger partial charge >= 0.3 is 0 Å². The molecule has 0 aliphatic carbocycles. The van der Waals surface area contributed by atoms with Crippen LogP contribution in [0.5, 0.6) is 5.75 Å². The Morgan fingerprint density at radius 3 is 2.88 bits per heavy atom. The molecular weight excluding hydrogens is 222 g/mol. The Morgan fingerprint density at radius 1 is 1.59 bits per heavy atom. The molecule has 6 nitrogen and oxygen atoms in total. The highest BCUT2D eigenvalue weighted by Gasteiger charge is 2.17. The van der Waals surface area contributed by atoms with E-state index in [1.54, 1.807) is 38.3 Å². The third-order valence-corrected chi connectivity index (χ3v) is 2.29. The van der Waals surface area contributed by atoms with Gasteiger partial charge in [0.2, 0.25) is 5.91 Å². The number of carbonyl (C=O) groups is 1. The van der Waals surface area contributed by atoms with Crippen LogP contribution in [-0.4, -0.2) is 24.1 Å². The predicted octanol–water partition coefficient (Wildman–Crippen LogP) is 1.02. The first-order valence-corrected chi connectivity index (χ1v) is 5.00. The number of ether oxygens (including phenoxy) is 1. The number of nitrogens with one attached hydrogen (secondary N) is 1. The molecule has 0 aromatic heterocycles. The van der Waals surface area contributed by atoms with E-state index >= 15 is 0 Å². The van der Waals surface area contributed by atoms with Gasteiger partial charge in [-0.3, -0.25) is 4.79 Å². The van der Waals surface area contributed by atoms with Crippen LogP contribution < -0.4 is 15.8 Å². The lowest BCUT2D eigenvalue weighted by molar-refractivity contribution is -0.117. The zero-order chi connectivity index (χ0) is 12.8. The van der Waals surface area contributed by atoms with Gasteiger partial charge in [0, 0.05) is 11.8 Å². The third-order valence-electron chi connectivity index (χ3n) is 2.29. The molecule has 4 N–H and O–H groups in total. The van der Waals surface area contributed by atoms with Crippen LogP contribution in [0.15, 0.2) is 29.4 Å². The summed E-state index contributed by atoms with van der Waals surface area (Å²) in [6, 6.07) is 6.92. The first kappa shape index (κ1) is 12.8. The lowest BCUT2D eigenvalue weighted by Crippen LogP contribution is -2.32. The van der Waals surface area contributed by atoms with Crippen molar-refractivity contribution in [2.24, 2.45) is 16.8 Å². The van der Waals surface area contributed by atoms with E-state index in [-0.39, 0.29) is 11.7 Å². The number of amidine groups is 1. The first-order chi connectivity index (χ1) is 8.08. The SMILES string of the molecule is COc1cccc(NC(=O)C(C)C(N)=NO)c1. The molecular formula is C11H15N3O3. The van der Waals surface area contributed by atoms with Gasteiger partial charge in [0.25, 0.3) is 0 Å². The third kappa shape index (κ3) is 3.37. The highest BCUT2D eigenvalue weighted by Crippen LogP contribution is 2.17. The molecule has 1 atom stereocenters. The minimum Gasteiger partial charge on any atom is -0.497 e. The largest absolute Gasteiger partial charge is 0.497 e.